The SMILES string of the molecule is O=C(Nc1cnn(C[C@H]2CCCO2)c1)[C@H]1CC(=O)N(CC2CC2)C1. The van der Waals surface area contributed by atoms with Crippen LogP contribution in [0.2, 0.25) is 0 Å². The molecule has 1 saturated carbocycles. The standard InChI is InChI=1S/C17H24N4O3/c22-16-6-13(9-20(16)8-12-3-4-12)17(23)19-14-7-18-21(10-14)11-15-2-1-5-24-15/h7,10,12-13,15H,1-6,8-9,11H2,(H,19,23)/t13-,15+/m0/s1. The van der Waals surface area contributed by atoms with Gasteiger partial charge in [-0.3, -0.25) is 14.3 Å². The Labute approximate surface area is 141 Å². The third-order valence-corrected chi connectivity index (χ3v) is 5.08. The number of aromatic nitrogens is 2. The predicted molar refractivity (Wildman–Crippen MR) is 87.2 cm³/mol. The highest BCUT2D eigenvalue weighted by atomic mass is 16.5. The van der Waals surface area contributed by atoms with Crippen LogP contribution in [0.25, 0.3) is 0 Å². The van der Waals surface area contributed by atoms with Crippen LogP contribution in [-0.4, -0.2) is 52.3 Å². The fourth-order valence-electron chi connectivity index (χ4n) is 3.51. The van der Waals surface area contributed by atoms with Crippen LogP contribution in [0, 0.1) is 11.8 Å². The number of rotatable bonds is 6. The third kappa shape index (κ3) is 3.61. The Morgan fingerprint density at radius 2 is 2.21 bits per heavy atom. The highest BCUT2D eigenvalue weighted by molar-refractivity contribution is 5.97. The van der Waals surface area contributed by atoms with Crippen molar-refractivity contribution >= 4 is 17.5 Å². The molecule has 7 heteroatoms. The number of nitrogens with zero attached hydrogens (tertiary/aromatic N) is 3. The first-order chi connectivity index (χ1) is 11.7. The summed E-state index contributed by atoms with van der Waals surface area (Å²) in [5.41, 5.74) is 0.686. The van der Waals surface area contributed by atoms with Gasteiger partial charge in [0.05, 0.1) is 30.5 Å². The number of carbonyl (C=O) groups excluding carboxylic acids is 2. The van der Waals surface area contributed by atoms with Crippen LogP contribution in [-0.2, 0) is 20.9 Å². The zero-order valence-electron chi connectivity index (χ0n) is 13.8. The van der Waals surface area contributed by atoms with Crippen LogP contribution >= 0.6 is 0 Å². The van der Waals surface area contributed by atoms with Gasteiger partial charge in [-0.05, 0) is 31.6 Å². The van der Waals surface area contributed by atoms with E-state index in [0.717, 1.165) is 26.0 Å². The van der Waals surface area contributed by atoms with Gasteiger partial charge in [0.15, 0.2) is 0 Å². The van der Waals surface area contributed by atoms with Crippen LogP contribution in [0.3, 0.4) is 0 Å². The number of nitrogens with one attached hydrogen (secondary N) is 1. The molecule has 0 radical (unpaired) electrons. The monoisotopic (exact) mass is 332 g/mol. The van der Waals surface area contributed by atoms with E-state index in [4.69, 9.17) is 4.74 Å². The minimum atomic E-state index is -0.252. The van der Waals surface area contributed by atoms with Gasteiger partial charge in [0.1, 0.15) is 0 Å². The molecule has 0 aromatic carbocycles. The Balaban J connectivity index is 1.29. The van der Waals surface area contributed by atoms with Crippen molar-refractivity contribution in [3.63, 3.8) is 0 Å². The maximum Gasteiger partial charge on any atom is 0.229 e. The lowest BCUT2D eigenvalue weighted by molar-refractivity contribution is -0.128. The molecule has 2 saturated heterocycles. The van der Waals surface area contributed by atoms with Crippen LogP contribution in [0.15, 0.2) is 12.4 Å². The molecule has 2 aliphatic heterocycles. The number of ether oxygens (including phenoxy) is 1. The first-order valence-corrected chi connectivity index (χ1v) is 8.90. The van der Waals surface area contributed by atoms with E-state index in [1.54, 1.807) is 6.20 Å². The molecule has 3 aliphatic rings. The largest absolute Gasteiger partial charge is 0.376 e. The summed E-state index contributed by atoms with van der Waals surface area (Å²) in [6, 6.07) is 0. The smallest absolute Gasteiger partial charge is 0.229 e. The maximum atomic E-state index is 12.4. The Hall–Kier alpha value is -1.89. The van der Waals surface area contributed by atoms with E-state index in [2.05, 4.69) is 10.4 Å². The predicted octanol–water partition coefficient (Wildman–Crippen LogP) is 1.26. The summed E-state index contributed by atoms with van der Waals surface area (Å²) in [4.78, 5) is 26.3. The number of amides is 2. The van der Waals surface area contributed by atoms with Crippen LogP contribution < -0.4 is 5.32 Å². The van der Waals surface area contributed by atoms with E-state index in [1.807, 2.05) is 15.8 Å². The zero-order chi connectivity index (χ0) is 16.5. The van der Waals surface area contributed by atoms with E-state index in [9.17, 15) is 9.59 Å². The Bertz CT molecular complexity index is 619. The Morgan fingerprint density at radius 1 is 1.33 bits per heavy atom. The van der Waals surface area contributed by atoms with Crippen molar-refractivity contribution in [2.75, 3.05) is 25.0 Å². The molecule has 7 nitrogen and oxygen atoms in total. The number of likely N-dealkylation sites (tertiary alicyclic amines) is 1. The maximum absolute atomic E-state index is 12.4. The summed E-state index contributed by atoms with van der Waals surface area (Å²) < 4.78 is 7.41. The first kappa shape index (κ1) is 15.6. The fourth-order valence-corrected chi connectivity index (χ4v) is 3.51. The third-order valence-electron chi connectivity index (χ3n) is 5.08. The quantitative estimate of drug-likeness (QED) is 0.851. The van der Waals surface area contributed by atoms with Crippen LogP contribution in [0.5, 0.6) is 0 Å². The minimum absolute atomic E-state index is 0.0849. The zero-order valence-corrected chi connectivity index (χ0v) is 13.8. The molecule has 4 rings (SSSR count). The molecule has 1 aromatic rings. The minimum Gasteiger partial charge on any atom is -0.376 e. The molecular weight excluding hydrogens is 308 g/mol. The molecule has 3 fully saturated rings. The lowest BCUT2D eigenvalue weighted by Gasteiger charge is -2.15. The number of anilines is 1. The topological polar surface area (TPSA) is 76.5 Å². The molecule has 3 heterocycles. The molecule has 0 spiro atoms. The summed E-state index contributed by atoms with van der Waals surface area (Å²) in [6.07, 6.45) is 8.61. The van der Waals surface area contributed by atoms with Crippen molar-refractivity contribution in [1.29, 1.82) is 0 Å². The molecule has 24 heavy (non-hydrogen) atoms. The van der Waals surface area contributed by atoms with Crippen molar-refractivity contribution in [3.8, 4) is 0 Å². The van der Waals surface area contributed by atoms with Gasteiger partial charge in [-0.25, -0.2) is 0 Å². The normalized spacial score (nSPS) is 27.0. The van der Waals surface area contributed by atoms with Gasteiger partial charge < -0.3 is 15.0 Å². The number of carbonyl (C=O) groups is 2. The van der Waals surface area contributed by atoms with Gasteiger partial charge in [-0.15, -0.1) is 0 Å². The first-order valence-electron chi connectivity index (χ1n) is 8.90. The summed E-state index contributed by atoms with van der Waals surface area (Å²) in [5.74, 6) is 0.430. The average Bonchev–Trinajstić information content (AvgIpc) is 2.93. The molecule has 2 atom stereocenters. The molecule has 1 aromatic heterocycles. The summed E-state index contributed by atoms with van der Waals surface area (Å²) in [7, 11) is 0. The molecule has 1 aliphatic carbocycles. The highest BCUT2D eigenvalue weighted by Crippen LogP contribution is 2.32. The molecule has 2 amide bonds. The van der Waals surface area contributed by atoms with Gasteiger partial charge in [0.2, 0.25) is 11.8 Å². The van der Waals surface area contributed by atoms with Gasteiger partial charge >= 0.3 is 0 Å². The molecular formula is C17H24N4O3. The average molecular weight is 332 g/mol. The second-order valence-electron chi connectivity index (χ2n) is 7.22. The van der Waals surface area contributed by atoms with Crippen molar-refractivity contribution < 1.29 is 14.3 Å². The van der Waals surface area contributed by atoms with Crippen LogP contribution in [0.4, 0.5) is 5.69 Å². The van der Waals surface area contributed by atoms with E-state index in [-0.39, 0.29) is 23.8 Å². The Kier molecular flexibility index (Phi) is 4.26. The number of hydrogen-bond acceptors (Lipinski definition) is 4. The van der Waals surface area contributed by atoms with Crippen molar-refractivity contribution in [3.05, 3.63) is 12.4 Å². The lowest BCUT2D eigenvalue weighted by atomic mass is 10.1. The number of hydrogen-bond donors (Lipinski definition) is 1. The van der Waals surface area contributed by atoms with Gasteiger partial charge in [0, 0.05) is 32.3 Å². The summed E-state index contributed by atoms with van der Waals surface area (Å²) in [5, 5.41) is 7.18. The van der Waals surface area contributed by atoms with E-state index >= 15 is 0 Å². The molecule has 0 unspecified atom stereocenters. The summed E-state index contributed by atoms with van der Waals surface area (Å²) >= 11 is 0. The van der Waals surface area contributed by atoms with Gasteiger partial charge in [-0.1, -0.05) is 0 Å². The second-order valence-corrected chi connectivity index (χ2v) is 7.22. The van der Waals surface area contributed by atoms with Crippen molar-refractivity contribution in [1.82, 2.24) is 14.7 Å². The van der Waals surface area contributed by atoms with E-state index in [0.29, 0.717) is 31.1 Å². The van der Waals surface area contributed by atoms with E-state index < -0.39 is 0 Å². The van der Waals surface area contributed by atoms with Crippen LogP contribution in [0.1, 0.15) is 32.1 Å². The molecule has 1 N–H and O–H groups in total. The van der Waals surface area contributed by atoms with Gasteiger partial charge in [-0.2, -0.15) is 5.10 Å². The molecule has 0 bridgehead atoms. The van der Waals surface area contributed by atoms with Crippen molar-refractivity contribution in [2.45, 2.75) is 44.8 Å². The Morgan fingerprint density at radius 3 is 2.96 bits per heavy atom. The second kappa shape index (κ2) is 6.55. The van der Waals surface area contributed by atoms with E-state index in [1.165, 1.54) is 12.8 Å². The fraction of sp³-hybridized carbons (Fsp3) is 0.706. The summed E-state index contributed by atoms with van der Waals surface area (Å²) in [6.45, 7) is 2.91. The van der Waals surface area contributed by atoms with Crippen molar-refractivity contribution in [2.24, 2.45) is 11.8 Å². The molecule has 130 valence electrons. The highest BCUT2D eigenvalue weighted by Gasteiger charge is 2.37. The van der Waals surface area contributed by atoms with Gasteiger partial charge in [0.25, 0.3) is 0 Å². The lowest BCUT2D eigenvalue weighted by Crippen LogP contribution is -2.29.